The van der Waals surface area contributed by atoms with Crippen LogP contribution >= 0.6 is 0 Å². The van der Waals surface area contributed by atoms with Crippen molar-refractivity contribution in [2.24, 2.45) is 5.92 Å². The third-order valence-electron chi connectivity index (χ3n) is 2.81. The van der Waals surface area contributed by atoms with Gasteiger partial charge in [0, 0.05) is 19.7 Å². The molecule has 1 atom stereocenters. The van der Waals surface area contributed by atoms with Crippen LogP contribution in [0.3, 0.4) is 0 Å². The molecule has 0 spiro atoms. The molecule has 0 saturated carbocycles. The Morgan fingerprint density at radius 2 is 2.00 bits per heavy atom. The number of nitrogens with zero attached hydrogens (tertiary/aromatic N) is 2. The molecule has 6 heteroatoms. The van der Waals surface area contributed by atoms with Crippen LogP contribution in [0.2, 0.25) is 0 Å². The van der Waals surface area contributed by atoms with Crippen LogP contribution in [0, 0.1) is 5.92 Å². The Balaban J connectivity index is 2.94. The van der Waals surface area contributed by atoms with Gasteiger partial charge in [-0.05, 0) is 12.3 Å². The fraction of sp³-hybridized carbons (Fsp3) is 0.667. The molecule has 1 aromatic heterocycles. The number of hydrogen-bond acceptors (Lipinski definition) is 6. The van der Waals surface area contributed by atoms with Crippen molar-refractivity contribution in [3.8, 4) is 5.75 Å². The summed E-state index contributed by atoms with van der Waals surface area (Å²) in [5, 5.41) is 15.3. The first-order valence-corrected chi connectivity index (χ1v) is 6.08. The molecule has 1 rings (SSSR count). The van der Waals surface area contributed by atoms with E-state index in [9.17, 15) is 0 Å². The molecule has 0 saturated heterocycles. The van der Waals surface area contributed by atoms with E-state index >= 15 is 0 Å². The van der Waals surface area contributed by atoms with Gasteiger partial charge in [-0.3, -0.25) is 0 Å². The predicted octanol–water partition coefficient (Wildman–Crippen LogP) is 1.35. The summed E-state index contributed by atoms with van der Waals surface area (Å²) in [5.41, 5.74) is 0. The van der Waals surface area contributed by atoms with Crippen LogP contribution in [-0.4, -0.2) is 41.9 Å². The lowest BCUT2D eigenvalue weighted by atomic mass is 10.0. The van der Waals surface area contributed by atoms with E-state index in [0.29, 0.717) is 29.7 Å². The third kappa shape index (κ3) is 3.46. The maximum atomic E-state index is 9.07. The van der Waals surface area contributed by atoms with Gasteiger partial charge in [0.1, 0.15) is 6.33 Å². The van der Waals surface area contributed by atoms with E-state index in [1.54, 1.807) is 14.2 Å². The summed E-state index contributed by atoms with van der Waals surface area (Å²) in [6.07, 6.45) is 2.15. The minimum absolute atomic E-state index is 0.141. The first-order valence-electron chi connectivity index (χ1n) is 6.08. The molecule has 0 aliphatic carbocycles. The Kier molecular flexibility index (Phi) is 5.64. The van der Waals surface area contributed by atoms with Crippen LogP contribution in [0.1, 0.15) is 20.3 Å². The normalized spacial score (nSPS) is 12.3. The highest BCUT2D eigenvalue weighted by Gasteiger charge is 2.17. The van der Waals surface area contributed by atoms with E-state index in [1.165, 1.54) is 6.33 Å². The number of hydrogen-bond donors (Lipinski definition) is 3. The van der Waals surface area contributed by atoms with E-state index in [-0.39, 0.29) is 12.6 Å². The van der Waals surface area contributed by atoms with Gasteiger partial charge >= 0.3 is 0 Å². The molecule has 0 fully saturated rings. The number of methoxy groups -OCH3 is 1. The Labute approximate surface area is 108 Å². The van der Waals surface area contributed by atoms with Crippen molar-refractivity contribution in [3.63, 3.8) is 0 Å². The van der Waals surface area contributed by atoms with Gasteiger partial charge in [-0.15, -0.1) is 0 Å². The largest absolute Gasteiger partial charge is 0.490 e. The Hall–Kier alpha value is -1.56. The van der Waals surface area contributed by atoms with Crippen LogP contribution in [0.15, 0.2) is 6.33 Å². The summed E-state index contributed by atoms with van der Waals surface area (Å²) in [4.78, 5) is 8.28. The molecule has 0 aliphatic heterocycles. The summed E-state index contributed by atoms with van der Waals surface area (Å²) in [6, 6.07) is 0.142. The molecular formula is C12H22N4O2. The highest BCUT2D eigenvalue weighted by atomic mass is 16.5. The van der Waals surface area contributed by atoms with Crippen molar-refractivity contribution in [2.45, 2.75) is 26.3 Å². The zero-order valence-electron chi connectivity index (χ0n) is 11.4. The van der Waals surface area contributed by atoms with Gasteiger partial charge in [0.2, 0.25) is 5.75 Å². The quantitative estimate of drug-likeness (QED) is 0.681. The van der Waals surface area contributed by atoms with Crippen LogP contribution in [0.5, 0.6) is 5.75 Å². The fourth-order valence-electron chi connectivity index (χ4n) is 1.73. The number of anilines is 2. The van der Waals surface area contributed by atoms with E-state index in [0.717, 1.165) is 0 Å². The maximum Gasteiger partial charge on any atom is 0.204 e. The van der Waals surface area contributed by atoms with Crippen molar-refractivity contribution in [2.75, 3.05) is 31.4 Å². The predicted molar refractivity (Wildman–Crippen MR) is 72.1 cm³/mol. The molecule has 3 N–H and O–H groups in total. The molecule has 18 heavy (non-hydrogen) atoms. The van der Waals surface area contributed by atoms with Gasteiger partial charge in [0.15, 0.2) is 11.6 Å². The van der Waals surface area contributed by atoms with Crippen molar-refractivity contribution >= 4 is 11.6 Å². The van der Waals surface area contributed by atoms with E-state index in [2.05, 4.69) is 34.4 Å². The summed E-state index contributed by atoms with van der Waals surface area (Å²) in [7, 11) is 3.36. The Morgan fingerprint density at radius 1 is 1.33 bits per heavy atom. The van der Waals surface area contributed by atoms with Crippen molar-refractivity contribution in [1.29, 1.82) is 0 Å². The van der Waals surface area contributed by atoms with E-state index in [1.807, 2.05) is 0 Å². The summed E-state index contributed by atoms with van der Waals surface area (Å²) in [6.45, 7) is 4.34. The van der Waals surface area contributed by atoms with Crippen LogP contribution in [0.4, 0.5) is 11.6 Å². The molecule has 1 unspecified atom stereocenters. The topological polar surface area (TPSA) is 79.3 Å². The molecule has 0 aromatic carbocycles. The number of aliphatic hydroxyl groups is 1. The molecule has 102 valence electrons. The molecule has 0 amide bonds. The van der Waals surface area contributed by atoms with E-state index in [4.69, 9.17) is 9.84 Å². The minimum atomic E-state index is 0.141. The lowest BCUT2D eigenvalue weighted by molar-refractivity contribution is 0.267. The minimum Gasteiger partial charge on any atom is -0.490 e. The second kappa shape index (κ2) is 7.00. The molecule has 6 nitrogen and oxygen atoms in total. The van der Waals surface area contributed by atoms with Crippen molar-refractivity contribution in [1.82, 2.24) is 9.97 Å². The summed E-state index contributed by atoms with van der Waals surface area (Å²) in [5.74, 6) is 2.25. The van der Waals surface area contributed by atoms with Gasteiger partial charge in [-0.2, -0.15) is 0 Å². The first kappa shape index (κ1) is 14.5. The fourth-order valence-corrected chi connectivity index (χ4v) is 1.73. The lowest BCUT2D eigenvalue weighted by Crippen LogP contribution is -2.27. The lowest BCUT2D eigenvalue weighted by Gasteiger charge is -2.23. The second-order valence-corrected chi connectivity index (χ2v) is 4.36. The van der Waals surface area contributed by atoms with Gasteiger partial charge in [0.05, 0.1) is 7.11 Å². The standard InChI is InChI=1S/C12H22N4O2/c1-8(2)9(5-6-17)16-12-10(18-4)11(13-3)14-7-15-12/h7-9,17H,5-6H2,1-4H3,(H2,13,14,15,16). The Bertz CT molecular complexity index is 371. The van der Waals surface area contributed by atoms with Gasteiger partial charge in [-0.25, -0.2) is 9.97 Å². The van der Waals surface area contributed by atoms with Gasteiger partial charge in [0.25, 0.3) is 0 Å². The molecular weight excluding hydrogens is 232 g/mol. The average Bonchev–Trinajstić information content (AvgIpc) is 2.37. The zero-order chi connectivity index (χ0) is 13.5. The molecule has 0 bridgehead atoms. The maximum absolute atomic E-state index is 9.07. The van der Waals surface area contributed by atoms with Gasteiger partial charge < -0.3 is 20.5 Å². The number of nitrogens with one attached hydrogen (secondary N) is 2. The SMILES string of the molecule is CNc1ncnc(NC(CCO)C(C)C)c1OC. The average molecular weight is 254 g/mol. The summed E-state index contributed by atoms with van der Waals surface area (Å²) < 4.78 is 5.31. The van der Waals surface area contributed by atoms with E-state index < -0.39 is 0 Å². The smallest absolute Gasteiger partial charge is 0.204 e. The van der Waals surface area contributed by atoms with Crippen molar-refractivity contribution in [3.05, 3.63) is 6.33 Å². The second-order valence-electron chi connectivity index (χ2n) is 4.36. The number of rotatable bonds is 7. The van der Waals surface area contributed by atoms with Crippen LogP contribution in [-0.2, 0) is 0 Å². The number of ether oxygens (including phenoxy) is 1. The van der Waals surface area contributed by atoms with Crippen LogP contribution in [0.25, 0.3) is 0 Å². The number of aromatic nitrogens is 2. The summed E-state index contributed by atoms with van der Waals surface area (Å²) >= 11 is 0. The first-order chi connectivity index (χ1) is 8.63. The van der Waals surface area contributed by atoms with Crippen molar-refractivity contribution < 1.29 is 9.84 Å². The van der Waals surface area contributed by atoms with Crippen LogP contribution < -0.4 is 15.4 Å². The molecule has 1 aromatic rings. The Morgan fingerprint density at radius 3 is 2.50 bits per heavy atom. The van der Waals surface area contributed by atoms with Gasteiger partial charge in [-0.1, -0.05) is 13.8 Å². The zero-order valence-corrected chi connectivity index (χ0v) is 11.4. The third-order valence-corrected chi connectivity index (χ3v) is 2.81. The monoisotopic (exact) mass is 254 g/mol. The molecule has 0 radical (unpaired) electrons. The molecule has 0 aliphatic rings. The molecule has 1 heterocycles. The number of aliphatic hydroxyl groups excluding tert-OH is 1. The highest BCUT2D eigenvalue weighted by molar-refractivity contribution is 5.63. The highest BCUT2D eigenvalue weighted by Crippen LogP contribution is 2.29.